The molecule has 0 bridgehead atoms. The molecule has 0 heterocycles. The van der Waals surface area contributed by atoms with Gasteiger partial charge in [-0.2, -0.15) is 0 Å². The third-order valence-corrected chi connectivity index (χ3v) is 0.447. The van der Waals surface area contributed by atoms with Crippen molar-refractivity contribution in [3.8, 4) is 0 Å². The fraction of sp³-hybridized carbons (Fsp3) is 1.00. The van der Waals surface area contributed by atoms with Gasteiger partial charge in [0.15, 0.2) is 0 Å². The van der Waals surface area contributed by atoms with E-state index < -0.39 is 11.0 Å². The summed E-state index contributed by atoms with van der Waals surface area (Å²) in [6.07, 6.45) is 0. The van der Waals surface area contributed by atoms with Crippen LogP contribution in [0.2, 0.25) is 0 Å². The van der Waals surface area contributed by atoms with Gasteiger partial charge in [0, 0.05) is 0 Å². The molecule has 44 valence electrons. The molecule has 0 aliphatic rings. The van der Waals surface area contributed by atoms with Crippen molar-refractivity contribution in [1.82, 2.24) is 0 Å². The summed E-state index contributed by atoms with van der Waals surface area (Å²) < 4.78 is 22.1. The molecule has 0 N–H and O–H groups in total. The Kier molecular flexibility index (Phi) is 24.1. The fourth-order valence-electron chi connectivity index (χ4n) is 0. The predicted molar refractivity (Wildman–Crippen MR) is 35.8 cm³/mol. The van der Waals surface area contributed by atoms with E-state index in [0.717, 1.165) is 7.11 Å². The van der Waals surface area contributed by atoms with E-state index in [9.17, 15) is 8.42 Å². The minimum atomic E-state index is -2.60. The van der Waals surface area contributed by atoms with Crippen molar-refractivity contribution in [2.24, 2.45) is 0 Å². The summed E-state index contributed by atoms with van der Waals surface area (Å²) in [4.78, 5) is 0. The zero-order chi connectivity index (χ0) is 4.28. The molecule has 0 aromatic heterocycles. The van der Waals surface area contributed by atoms with Crippen molar-refractivity contribution in [3.63, 3.8) is 0 Å². The average molecular weight is 423 g/mol. The third-order valence-electron chi connectivity index (χ3n) is 0.149. The van der Waals surface area contributed by atoms with Crippen LogP contribution in [0.3, 0.4) is 0 Å². The molecule has 0 atom stereocenters. The molecule has 0 amide bonds. The zero-order valence-corrected chi connectivity index (χ0v) is 9.77. The average Bonchev–Trinajstić information content (AvgIpc) is 1.38. The molecular weight excluding hydrogens is 414 g/mol. The second kappa shape index (κ2) is 10.6. The van der Waals surface area contributed by atoms with Gasteiger partial charge in [-0.3, -0.25) is 4.18 Å². The van der Waals surface area contributed by atoms with E-state index in [4.69, 9.17) is 0 Å². The van der Waals surface area contributed by atoms with Gasteiger partial charge < -0.3 is 0 Å². The molecule has 3 nitrogen and oxygen atoms in total. The minimum absolute atomic E-state index is 0. The number of rotatable bonds is 1. The summed E-state index contributed by atoms with van der Waals surface area (Å²) in [5.74, 6) is 0. The van der Waals surface area contributed by atoms with Gasteiger partial charge in [-0.05, 0) is 0 Å². The van der Waals surface area contributed by atoms with Crippen LogP contribution in [0.25, 0.3) is 0 Å². The number of hydrogen-bond donors (Lipinski definition) is 1. The number of thiol groups is 1. The van der Waals surface area contributed by atoms with Crippen LogP contribution in [0.5, 0.6) is 0 Å². The Morgan fingerprint density at radius 1 is 1.43 bits per heavy atom. The van der Waals surface area contributed by atoms with Crippen molar-refractivity contribution >= 4 is 64.1 Å². The van der Waals surface area contributed by atoms with Gasteiger partial charge in [0.1, 0.15) is 0 Å². The molecule has 0 saturated carbocycles. The molecule has 0 rings (SSSR count). The molecule has 0 aromatic carbocycles. The Morgan fingerprint density at radius 2 is 1.57 bits per heavy atom. The first-order valence-electron chi connectivity index (χ1n) is 0.956. The van der Waals surface area contributed by atoms with Crippen molar-refractivity contribution in [2.45, 2.75) is 0 Å². The molecule has 0 spiro atoms. The molecule has 0 aliphatic carbocycles. The van der Waals surface area contributed by atoms with Crippen LogP contribution in [0, 0.1) is 0 Å². The maximum absolute atomic E-state index is 9.18. The van der Waals surface area contributed by atoms with Crippen LogP contribution in [-0.2, 0) is 15.2 Å². The standard InChI is InChI=1S/CH4O3S.In.Pb.5H/c1-4-5(2)3;;;;;;;/h5H,1H3;;;;;;;. The first kappa shape index (κ1) is 15.9. The van der Waals surface area contributed by atoms with E-state index in [1.807, 2.05) is 0 Å². The van der Waals surface area contributed by atoms with Gasteiger partial charge in [0.25, 0.3) is 11.0 Å². The molecule has 0 aliphatic heterocycles. The van der Waals surface area contributed by atoms with Crippen LogP contribution < -0.4 is 0 Å². The Balaban J connectivity index is -0.0000000800. The molecule has 0 saturated heterocycles. The van der Waals surface area contributed by atoms with Gasteiger partial charge >= 0.3 is 53.1 Å². The second-order valence-corrected chi connectivity index (χ2v) is 1.22. The van der Waals surface area contributed by atoms with Crippen molar-refractivity contribution < 1.29 is 12.6 Å². The fourth-order valence-corrected chi connectivity index (χ4v) is 0. The topological polar surface area (TPSA) is 43.4 Å². The van der Waals surface area contributed by atoms with Crippen molar-refractivity contribution in [3.05, 3.63) is 0 Å². The monoisotopic (exact) mass is 424 g/mol. The Hall–Kier alpha value is 1.70. The van der Waals surface area contributed by atoms with Crippen LogP contribution in [-0.4, -0.2) is 68.7 Å². The number of hydrogen-bond acceptors (Lipinski definition) is 3. The summed E-state index contributed by atoms with van der Waals surface area (Å²) in [6, 6.07) is 0. The van der Waals surface area contributed by atoms with Crippen molar-refractivity contribution in [1.29, 1.82) is 0 Å². The molecule has 0 aromatic rings. The van der Waals surface area contributed by atoms with E-state index >= 15 is 0 Å². The van der Waals surface area contributed by atoms with Gasteiger partial charge in [0.05, 0.1) is 7.11 Å². The normalized spacial score (nSPS) is 6.57. The van der Waals surface area contributed by atoms with Gasteiger partial charge in [-0.15, -0.1) is 0 Å². The third kappa shape index (κ3) is 18.3. The quantitative estimate of drug-likeness (QED) is 0.363. The predicted octanol–water partition coefficient (Wildman–Crippen LogP) is -2.94. The van der Waals surface area contributed by atoms with Gasteiger partial charge in [-0.25, -0.2) is 8.42 Å². The van der Waals surface area contributed by atoms with E-state index in [2.05, 4.69) is 4.18 Å². The van der Waals surface area contributed by atoms with Gasteiger partial charge in [0.2, 0.25) is 0 Å². The summed E-state index contributed by atoms with van der Waals surface area (Å²) >= 11 is 0. The van der Waals surface area contributed by atoms with Crippen LogP contribution >= 0.6 is 0 Å². The van der Waals surface area contributed by atoms with Crippen LogP contribution in [0.1, 0.15) is 0 Å². The Morgan fingerprint density at radius 3 is 1.57 bits per heavy atom. The molecule has 6 heteroatoms. The van der Waals surface area contributed by atoms with Crippen LogP contribution in [0.15, 0.2) is 0 Å². The summed E-state index contributed by atoms with van der Waals surface area (Å²) in [5, 5.41) is 0. The SMILES string of the molecule is CO[SH](=O)=O.[InH3].[PbH2]. The molecule has 0 unspecified atom stereocenters. The summed E-state index contributed by atoms with van der Waals surface area (Å²) in [5.41, 5.74) is 0. The molecule has 7 heavy (non-hydrogen) atoms. The van der Waals surface area contributed by atoms with E-state index in [0.29, 0.717) is 0 Å². The Bertz CT molecular complexity index is 73.0. The first-order chi connectivity index (χ1) is 2.27. The Labute approximate surface area is 82.9 Å². The second-order valence-electron chi connectivity index (χ2n) is 0.406. The summed E-state index contributed by atoms with van der Waals surface area (Å²) in [6.45, 7) is 0. The van der Waals surface area contributed by atoms with E-state index in [-0.39, 0.29) is 53.1 Å². The van der Waals surface area contributed by atoms with E-state index in [1.54, 1.807) is 0 Å². The van der Waals surface area contributed by atoms with Crippen LogP contribution in [0.4, 0.5) is 0 Å². The van der Waals surface area contributed by atoms with E-state index in [1.165, 1.54) is 0 Å². The maximum atomic E-state index is 9.18. The summed E-state index contributed by atoms with van der Waals surface area (Å²) in [7, 11) is -1.50. The van der Waals surface area contributed by atoms with Gasteiger partial charge in [-0.1, -0.05) is 0 Å². The van der Waals surface area contributed by atoms with Crippen molar-refractivity contribution in [2.75, 3.05) is 7.11 Å². The zero-order valence-electron chi connectivity index (χ0n) is 3.38. The molecule has 2 radical (unpaired) electrons. The molecule has 0 fully saturated rings. The molecular formula is CH9InO3PbS. The first-order valence-corrected chi connectivity index (χ1v) is 2.05.